The van der Waals surface area contributed by atoms with Crippen LogP contribution in [0.15, 0.2) is 39.6 Å². The van der Waals surface area contributed by atoms with E-state index in [1.54, 1.807) is 58.2 Å². The molecule has 2 rings (SSSR count). The molecule has 0 unspecified atom stereocenters. The molecular weight excluding hydrogens is 480 g/mol. The fraction of sp³-hybridized carbons (Fsp3) is 0.462. The van der Waals surface area contributed by atoms with Gasteiger partial charge in [0.05, 0.1) is 18.1 Å². The van der Waals surface area contributed by atoms with E-state index in [0.717, 1.165) is 12.8 Å². The van der Waals surface area contributed by atoms with Crippen molar-refractivity contribution in [1.29, 1.82) is 0 Å². The summed E-state index contributed by atoms with van der Waals surface area (Å²) < 4.78 is 41.6. The van der Waals surface area contributed by atoms with Gasteiger partial charge in [0.25, 0.3) is 10.0 Å². The number of hydrogen-bond donors (Lipinski definition) is 3. The van der Waals surface area contributed by atoms with Gasteiger partial charge >= 0.3 is 0 Å². The molecule has 5 N–H and O–H groups in total. The van der Waals surface area contributed by atoms with Crippen molar-refractivity contribution in [2.45, 2.75) is 58.3 Å². The molecule has 200 valence electrons. The van der Waals surface area contributed by atoms with Gasteiger partial charge in [-0.05, 0) is 87.7 Å². The highest BCUT2D eigenvalue weighted by Crippen LogP contribution is 2.32. The monoisotopic (exact) mass is 520 g/mol. The highest BCUT2D eigenvalue weighted by Gasteiger charge is 2.23. The lowest BCUT2D eigenvalue weighted by molar-refractivity contribution is -0.120. The highest BCUT2D eigenvalue weighted by molar-refractivity contribution is 7.90. The van der Waals surface area contributed by atoms with E-state index in [1.165, 1.54) is 7.05 Å². The number of amides is 1. The number of carbonyl (C=O) groups excluding carboxylic acids is 1. The number of rotatable bonds is 12. The van der Waals surface area contributed by atoms with Crippen LogP contribution in [0.2, 0.25) is 0 Å². The summed E-state index contributed by atoms with van der Waals surface area (Å²) in [4.78, 5) is 11.5. The fourth-order valence-corrected chi connectivity index (χ4v) is 4.85. The fourth-order valence-electron chi connectivity index (χ4n) is 3.39. The molecule has 0 fully saturated rings. The van der Waals surface area contributed by atoms with Crippen LogP contribution in [0.3, 0.4) is 0 Å². The Bertz CT molecular complexity index is 1130. The van der Waals surface area contributed by atoms with Gasteiger partial charge in [0.1, 0.15) is 17.3 Å². The Balaban J connectivity index is 0.00000316. The van der Waals surface area contributed by atoms with Gasteiger partial charge < -0.3 is 26.3 Å². The number of unbranched alkanes of at least 4 members (excludes halogenated alkanes) is 1. The largest absolute Gasteiger partial charge is 0.494 e. The Labute approximate surface area is 215 Å². The van der Waals surface area contributed by atoms with E-state index in [9.17, 15) is 13.2 Å². The van der Waals surface area contributed by atoms with Gasteiger partial charge in [-0.2, -0.15) is 8.42 Å². The smallest absolute Gasteiger partial charge is 0.284 e. The van der Waals surface area contributed by atoms with Gasteiger partial charge in [0.15, 0.2) is 0 Å². The molecule has 0 heterocycles. The molecule has 0 aliphatic carbocycles. The van der Waals surface area contributed by atoms with Gasteiger partial charge in [0, 0.05) is 19.0 Å². The number of aryl methyl sites for hydroxylation is 1. The Kier molecular flexibility index (Phi) is 13.0. The number of nitrogens with zero attached hydrogens (tertiary/aromatic N) is 1. The molecule has 0 aliphatic heterocycles. The van der Waals surface area contributed by atoms with Crippen molar-refractivity contribution in [3.8, 4) is 11.5 Å². The van der Waals surface area contributed by atoms with Crippen molar-refractivity contribution in [3.05, 3.63) is 52.6 Å². The van der Waals surface area contributed by atoms with Crippen molar-refractivity contribution in [3.63, 3.8) is 0 Å². The summed E-state index contributed by atoms with van der Waals surface area (Å²) in [5.41, 5.74) is 12.8. The summed E-state index contributed by atoms with van der Waals surface area (Å²) in [6.45, 7) is 8.28. The first-order chi connectivity index (χ1) is 17.1. The number of carbonyl (C=O) groups is 1. The molecule has 36 heavy (non-hydrogen) atoms. The molecule has 0 aliphatic rings. The standard InChI is InChI=1S/C25H35N3O5S.CH5N/c1-6-7-14-32-21-12-10-20(11-13-21)25(26)28-34(30,31)24-17(2)16-22(18(3)19(24)4)33-15-8-9-23(29)27-5;1-2/h10-13,16H,6-9,14-15H2,1-5H3,(H2,26,28)(H,27,29);2H2,1H3. The zero-order valence-corrected chi connectivity index (χ0v) is 23.0. The number of hydrogen-bond acceptors (Lipinski definition) is 6. The number of amidine groups is 1. The molecular formula is C26H40N4O5S. The lowest BCUT2D eigenvalue weighted by atomic mass is 10.1. The third kappa shape index (κ3) is 8.83. The maximum absolute atomic E-state index is 13.2. The molecule has 0 aromatic heterocycles. The molecule has 0 bridgehead atoms. The van der Waals surface area contributed by atoms with Crippen molar-refractivity contribution < 1.29 is 22.7 Å². The number of nitrogens with one attached hydrogen (secondary N) is 1. The average Bonchev–Trinajstić information content (AvgIpc) is 2.85. The predicted molar refractivity (Wildman–Crippen MR) is 144 cm³/mol. The molecule has 10 heteroatoms. The molecule has 1 amide bonds. The SMILES string of the molecule is CCCCOc1ccc(C(N)=NS(=O)(=O)c2c(C)cc(OCCCC(=O)NC)c(C)c2C)cc1.CN. The minimum Gasteiger partial charge on any atom is -0.494 e. The topological polar surface area (TPSA) is 146 Å². The Morgan fingerprint density at radius 1 is 1.00 bits per heavy atom. The van der Waals surface area contributed by atoms with Gasteiger partial charge in [-0.25, -0.2) is 0 Å². The third-order valence-electron chi connectivity index (χ3n) is 5.46. The summed E-state index contributed by atoms with van der Waals surface area (Å²) in [7, 11) is -0.963. The van der Waals surface area contributed by atoms with Crippen LogP contribution in [0.1, 0.15) is 54.9 Å². The van der Waals surface area contributed by atoms with E-state index in [1.807, 2.05) is 0 Å². The minimum absolute atomic E-state index is 0.0526. The zero-order valence-electron chi connectivity index (χ0n) is 22.2. The Morgan fingerprint density at radius 2 is 1.61 bits per heavy atom. The molecule has 0 saturated carbocycles. The second-order valence-corrected chi connectivity index (χ2v) is 9.61. The van der Waals surface area contributed by atoms with Crippen LogP contribution >= 0.6 is 0 Å². The quantitative estimate of drug-likeness (QED) is 0.221. The van der Waals surface area contributed by atoms with Crippen LogP contribution in [0.4, 0.5) is 0 Å². The second-order valence-electron chi connectivity index (χ2n) is 8.07. The van der Waals surface area contributed by atoms with E-state index in [-0.39, 0.29) is 16.6 Å². The molecule has 9 nitrogen and oxygen atoms in total. The van der Waals surface area contributed by atoms with E-state index in [0.29, 0.717) is 59.8 Å². The number of benzene rings is 2. The van der Waals surface area contributed by atoms with E-state index in [4.69, 9.17) is 15.2 Å². The summed E-state index contributed by atoms with van der Waals surface area (Å²) in [6.07, 6.45) is 2.92. The lowest BCUT2D eigenvalue weighted by Crippen LogP contribution is -2.18. The summed E-state index contributed by atoms with van der Waals surface area (Å²) in [5.74, 6) is 1.14. The maximum atomic E-state index is 13.2. The first-order valence-electron chi connectivity index (χ1n) is 12.0. The van der Waals surface area contributed by atoms with E-state index >= 15 is 0 Å². The van der Waals surface area contributed by atoms with Gasteiger partial charge in [0.2, 0.25) is 5.91 Å². The van der Waals surface area contributed by atoms with Crippen LogP contribution in [-0.2, 0) is 14.8 Å². The van der Waals surface area contributed by atoms with Crippen LogP contribution in [-0.4, -0.2) is 47.5 Å². The normalized spacial score (nSPS) is 11.4. The molecule has 0 atom stereocenters. The average molecular weight is 521 g/mol. The van der Waals surface area contributed by atoms with Gasteiger partial charge in [-0.3, -0.25) is 4.79 Å². The first kappa shape index (κ1) is 30.9. The molecule has 0 saturated heterocycles. The van der Waals surface area contributed by atoms with E-state index < -0.39 is 10.0 Å². The molecule has 0 radical (unpaired) electrons. The van der Waals surface area contributed by atoms with Gasteiger partial charge in [-0.1, -0.05) is 13.3 Å². The zero-order chi connectivity index (χ0) is 27.3. The van der Waals surface area contributed by atoms with Gasteiger partial charge in [-0.15, -0.1) is 4.40 Å². The van der Waals surface area contributed by atoms with E-state index in [2.05, 4.69) is 22.4 Å². The van der Waals surface area contributed by atoms with Crippen molar-refractivity contribution in [2.75, 3.05) is 27.3 Å². The predicted octanol–water partition coefficient (Wildman–Crippen LogP) is 3.36. The number of nitrogens with two attached hydrogens (primary N) is 2. The lowest BCUT2D eigenvalue weighted by Gasteiger charge is -2.16. The minimum atomic E-state index is -4.05. The molecule has 2 aromatic rings. The van der Waals surface area contributed by atoms with Crippen LogP contribution in [0.25, 0.3) is 0 Å². The number of ether oxygens (including phenoxy) is 2. The first-order valence-corrected chi connectivity index (χ1v) is 13.4. The highest BCUT2D eigenvalue weighted by atomic mass is 32.2. The summed E-state index contributed by atoms with van der Waals surface area (Å²) >= 11 is 0. The number of sulfonamides is 1. The van der Waals surface area contributed by atoms with Crippen molar-refractivity contribution >= 4 is 21.8 Å². The Hall–Kier alpha value is -3.11. The molecule has 2 aromatic carbocycles. The van der Waals surface area contributed by atoms with Crippen LogP contribution < -0.4 is 26.3 Å². The third-order valence-corrected chi connectivity index (χ3v) is 7.04. The van der Waals surface area contributed by atoms with Crippen LogP contribution in [0, 0.1) is 20.8 Å². The Morgan fingerprint density at radius 3 is 2.19 bits per heavy atom. The second kappa shape index (κ2) is 15.1. The van der Waals surface area contributed by atoms with Crippen LogP contribution in [0.5, 0.6) is 11.5 Å². The van der Waals surface area contributed by atoms with Crippen molar-refractivity contribution in [1.82, 2.24) is 5.32 Å². The molecule has 0 spiro atoms. The van der Waals surface area contributed by atoms with Crippen molar-refractivity contribution in [2.24, 2.45) is 15.9 Å². The summed E-state index contributed by atoms with van der Waals surface area (Å²) in [5, 5.41) is 2.57. The summed E-state index contributed by atoms with van der Waals surface area (Å²) in [6, 6.07) is 8.56. The maximum Gasteiger partial charge on any atom is 0.284 e.